The van der Waals surface area contributed by atoms with Gasteiger partial charge < -0.3 is 4.42 Å². The highest BCUT2D eigenvalue weighted by molar-refractivity contribution is 5.88. The summed E-state index contributed by atoms with van der Waals surface area (Å²) in [7, 11) is 0. The van der Waals surface area contributed by atoms with Gasteiger partial charge in [0.05, 0.1) is 11.6 Å². The van der Waals surface area contributed by atoms with Crippen LogP contribution in [0.2, 0.25) is 0 Å². The molecule has 1 aromatic heterocycles. The van der Waals surface area contributed by atoms with Crippen LogP contribution in [0, 0.1) is 17.1 Å². The molecule has 106 valence electrons. The maximum absolute atomic E-state index is 12.9. The highest BCUT2D eigenvalue weighted by Crippen LogP contribution is 2.25. The molecule has 3 rings (SSSR count). The summed E-state index contributed by atoms with van der Waals surface area (Å²) >= 11 is 0. The molecule has 0 aliphatic carbocycles. The largest absolute Gasteiger partial charge is 0.457 e. The Morgan fingerprint density at radius 2 is 1.68 bits per heavy atom. The molecular formula is C19H12FNO. The standard InChI is InChI=1S/C19H12FNO/c20-17-8-6-15(7-9-17)19-11-10-18(22-19)12-16(13-21)14-4-2-1-3-5-14/h1-12H. The fraction of sp³-hybridized carbons (Fsp3) is 0. The van der Waals surface area contributed by atoms with Crippen LogP contribution in [0.5, 0.6) is 0 Å². The number of hydrogen-bond donors (Lipinski definition) is 0. The minimum Gasteiger partial charge on any atom is -0.457 e. The van der Waals surface area contributed by atoms with Gasteiger partial charge in [-0.15, -0.1) is 0 Å². The van der Waals surface area contributed by atoms with Crippen molar-refractivity contribution in [3.8, 4) is 17.4 Å². The van der Waals surface area contributed by atoms with Crippen molar-refractivity contribution >= 4 is 11.6 Å². The van der Waals surface area contributed by atoms with Crippen LogP contribution in [0.1, 0.15) is 11.3 Å². The smallest absolute Gasteiger partial charge is 0.134 e. The molecule has 0 spiro atoms. The monoisotopic (exact) mass is 289 g/mol. The molecular weight excluding hydrogens is 277 g/mol. The highest BCUT2D eigenvalue weighted by Gasteiger charge is 2.06. The molecule has 1 heterocycles. The van der Waals surface area contributed by atoms with Crippen molar-refractivity contribution in [1.82, 2.24) is 0 Å². The third-order valence-corrected chi connectivity index (χ3v) is 3.25. The Morgan fingerprint density at radius 1 is 0.955 bits per heavy atom. The Labute approximate surface area is 127 Å². The van der Waals surface area contributed by atoms with Crippen LogP contribution in [-0.4, -0.2) is 0 Å². The molecule has 0 N–H and O–H groups in total. The molecule has 3 heteroatoms. The number of allylic oxidation sites excluding steroid dienone is 1. The summed E-state index contributed by atoms with van der Waals surface area (Å²) in [5.41, 5.74) is 2.16. The van der Waals surface area contributed by atoms with Crippen molar-refractivity contribution in [2.24, 2.45) is 0 Å². The molecule has 0 bridgehead atoms. The van der Waals surface area contributed by atoms with Gasteiger partial charge in [0.15, 0.2) is 0 Å². The predicted octanol–water partition coefficient (Wildman–Crippen LogP) is 5.15. The van der Waals surface area contributed by atoms with Crippen LogP contribution in [-0.2, 0) is 0 Å². The van der Waals surface area contributed by atoms with Crippen LogP contribution in [0.4, 0.5) is 4.39 Å². The number of rotatable bonds is 3. The predicted molar refractivity (Wildman–Crippen MR) is 84.0 cm³/mol. The van der Waals surface area contributed by atoms with Gasteiger partial charge in [0, 0.05) is 5.56 Å². The lowest BCUT2D eigenvalue weighted by Crippen LogP contribution is -1.79. The number of benzene rings is 2. The van der Waals surface area contributed by atoms with E-state index in [1.54, 1.807) is 30.3 Å². The zero-order valence-electron chi connectivity index (χ0n) is 11.7. The number of hydrogen-bond acceptors (Lipinski definition) is 2. The van der Waals surface area contributed by atoms with Crippen molar-refractivity contribution in [2.45, 2.75) is 0 Å². The summed E-state index contributed by atoms with van der Waals surface area (Å²) in [4.78, 5) is 0. The molecule has 0 saturated heterocycles. The van der Waals surface area contributed by atoms with Crippen LogP contribution in [0.25, 0.3) is 23.0 Å². The Kier molecular flexibility index (Phi) is 3.84. The Morgan fingerprint density at radius 3 is 2.36 bits per heavy atom. The lowest BCUT2D eigenvalue weighted by molar-refractivity contribution is 0.571. The molecule has 2 aromatic carbocycles. The van der Waals surface area contributed by atoms with Gasteiger partial charge in [-0.2, -0.15) is 5.26 Å². The Hall–Kier alpha value is -3.12. The van der Waals surface area contributed by atoms with Crippen molar-refractivity contribution in [3.63, 3.8) is 0 Å². The van der Waals surface area contributed by atoms with Gasteiger partial charge in [-0.3, -0.25) is 0 Å². The van der Waals surface area contributed by atoms with E-state index >= 15 is 0 Å². The molecule has 2 nitrogen and oxygen atoms in total. The van der Waals surface area contributed by atoms with E-state index in [1.807, 2.05) is 30.3 Å². The molecule has 3 aromatic rings. The zero-order valence-corrected chi connectivity index (χ0v) is 11.7. The van der Waals surface area contributed by atoms with E-state index in [2.05, 4.69) is 6.07 Å². The lowest BCUT2D eigenvalue weighted by atomic mass is 10.1. The molecule has 22 heavy (non-hydrogen) atoms. The average molecular weight is 289 g/mol. The van der Waals surface area contributed by atoms with E-state index in [4.69, 9.17) is 4.42 Å². The molecule has 0 atom stereocenters. The van der Waals surface area contributed by atoms with Gasteiger partial charge >= 0.3 is 0 Å². The second-order valence-corrected chi connectivity index (χ2v) is 4.74. The van der Waals surface area contributed by atoms with E-state index in [1.165, 1.54) is 12.1 Å². The van der Waals surface area contributed by atoms with Gasteiger partial charge in [-0.1, -0.05) is 30.3 Å². The SMILES string of the molecule is N#CC(=Cc1ccc(-c2ccc(F)cc2)o1)c1ccccc1. The molecule has 0 fully saturated rings. The summed E-state index contributed by atoms with van der Waals surface area (Å²) in [6.45, 7) is 0. The molecule has 0 aliphatic rings. The zero-order chi connectivity index (χ0) is 15.4. The molecule has 0 unspecified atom stereocenters. The first kappa shape index (κ1) is 13.8. The van der Waals surface area contributed by atoms with E-state index in [9.17, 15) is 9.65 Å². The second-order valence-electron chi connectivity index (χ2n) is 4.74. The van der Waals surface area contributed by atoms with Crippen molar-refractivity contribution in [3.05, 3.63) is 83.9 Å². The van der Waals surface area contributed by atoms with Crippen molar-refractivity contribution in [2.75, 3.05) is 0 Å². The van der Waals surface area contributed by atoms with Crippen LogP contribution < -0.4 is 0 Å². The maximum Gasteiger partial charge on any atom is 0.134 e. The normalized spacial score (nSPS) is 11.2. The van der Waals surface area contributed by atoms with E-state index < -0.39 is 0 Å². The average Bonchev–Trinajstić information content (AvgIpc) is 3.03. The Balaban J connectivity index is 1.92. The van der Waals surface area contributed by atoms with Crippen molar-refractivity contribution in [1.29, 1.82) is 5.26 Å². The molecule has 0 aliphatic heterocycles. The van der Waals surface area contributed by atoms with E-state index in [0.717, 1.165) is 11.1 Å². The van der Waals surface area contributed by atoms with E-state index in [-0.39, 0.29) is 5.82 Å². The first-order chi connectivity index (χ1) is 10.8. The quantitative estimate of drug-likeness (QED) is 0.625. The van der Waals surface area contributed by atoms with Crippen LogP contribution in [0.15, 0.2) is 71.1 Å². The van der Waals surface area contributed by atoms with Gasteiger partial charge in [-0.25, -0.2) is 4.39 Å². The van der Waals surface area contributed by atoms with Gasteiger partial charge in [0.1, 0.15) is 17.3 Å². The fourth-order valence-corrected chi connectivity index (χ4v) is 2.14. The second kappa shape index (κ2) is 6.11. The third kappa shape index (κ3) is 2.97. The minimum absolute atomic E-state index is 0.286. The highest BCUT2D eigenvalue weighted by atomic mass is 19.1. The van der Waals surface area contributed by atoms with Crippen LogP contribution >= 0.6 is 0 Å². The summed E-state index contributed by atoms with van der Waals surface area (Å²) < 4.78 is 18.7. The number of nitrogens with zero attached hydrogens (tertiary/aromatic N) is 1. The minimum atomic E-state index is -0.286. The number of halogens is 1. The summed E-state index contributed by atoms with van der Waals surface area (Å²) in [6.07, 6.45) is 1.70. The maximum atomic E-state index is 12.9. The third-order valence-electron chi connectivity index (χ3n) is 3.25. The number of nitriles is 1. The fourth-order valence-electron chi connectivity index (χ4n) is 2.14. The molecule has 0 amide bonds. The summed E-state index contributed by atoms with van der Waals surface area (Å²) in [6, 6.07) is 21.3. The number of furan rings is 1. The van der Waals surface area contributed by atoms with Gasteiger partial charge in [-0.05, 0) is 48.0 Å². The summed E-state index contributed by atoms with van der Waals surface area (Å²) in [5.74, 6) is 0.933. The Bertz CT molecular complexity index is 839. The molecule has 0 saturated carbocycles. The summed E-state index contributed by atoms with van der Waals surface area (Å²) in [5, 5.41) is 9.29. The van der Waals surface area contributed by atoms with Gasteiger partial charge in [0.25, 0.3) is 0 Å². The lowest BCUT2D eigenvalue weighted by Gasteiger charge is -1.98. The van der Waals surface area contributed by atoms with Gasteiger partial charge in [0.2, 0.25) is 0 Å². The topological polar surface area (TPSA) is 36.9 Å². The van der Waals surface area contributed by atoms with Crippen LogP contribution in [0.3, 0.4) is 0 Å². The molecule has 0 radical (unpaired) electrons. The van der Waals surface area contributed by atoms with Crippen molar-refractivity contribution < 1.29 is 8.81 Å². The first-order valence-corrected chi connectivity index (χ1v) is 6.79. The first-order valence-electron chi connectivity index (χ1n) is 6.79. The van der Waals surface area contributed by atoms with E-state index in [0.29, 0.717) is 17.1 Å².